The normalized spacial score (nSPS) is 13.1. The van der Waals surface area contributed by atoms with E-state index in [-0.39, 0.29) is 23.6 Å². The Morgan fingerprint density at radius 3 is 2.86 bits per heavy atom. The van der Waals surface area contributed by atoms with Gasteiger partial charge in [0.2, 0.25) is 0 Å². The van der Waals surface area contributed by atoms with E-state index < -0.39 is 11.6 Å². The van der Waals surface area contributed by atoms with Crippen LogP contribution >= 0.6 is 15.9 Å². The second-order valence-electron chi connectivity index (χ2n) is 4.47. The highest BCUT2D eigenvalue weighted by atomic mass is 79.9. The number of anilines is 1. The molecular formula is C15H9BrFNO3. The maximum absolute atomic E-state index is 13.8. The van der Waals surface area contributed by atoms with Crippen molar-refractivity contribution in [2.75, 3.05) is 11.9 Å². The summed E-state index contributed by atoms with van der Waals surface area (Å²) >= 11 is 3.17. The maximum Gasteiger partial charge on any atom is 0.262 e. The van der Waals surface area contributed by atoms with Crippen molar-refractivity contribution in [1.29, 1.82) is 0 Å². The minimum absolute atomic E-state index is 0.0412. The van der Waals surface area contributed by atoms with E-state index in [0.29, 0.717) is 15.9 Å². The summed E-state index contributed by atoms with van der Waals surface area (Å²) in [5, 5.41) is 2.61. The van der Waals surface area contributed by atoms with E-state index in [1.54, 1.807) is 12.1 Å². The Bertz CT molecular complexity index is 740. The van der Waals surface area contributed by atoms with Gasteiger partial charge in [-0.15, -0.1) is 0 Å². The largest absolute Gasteiger partial charge is 0.482 e. The molecule has 21 heavy (non-hydrogen) atoms. The third-order valence-corrected chi connectivity index (χ3v) is 3.73. The molecular weight excluding hydrogens is 341 g/mol. The van der Waals surface area contributed by atoms with Crippen molar-refractivity contribution in [3.63, 3.8) is 0 Å². The van der Waals surface area contributed by atoms with Crippen molar-refractivity contribution in [3.8, 4) is 5.75 Å². The Labute approximate surface area is 128 Å². The molecule has 0 spiro atoms. The summed E-state index contributed by atoms with van der Waals surface area (Å²) in [6.07, 6.45) is 0. The number of carbonyl (C=O) groups excluding carboxylic acids is 2. The minimum Gasteiger partial charge on any atom is -0.482 e. The number of ketones is 1. The molecule has 1 amide bonds. The van der Waals surface area contributed by atoms with Crippen LogP contribution in [0.1, 0.15) is 15.9 Å². The number of ether oxygens (including phenoxy) is 1. The SMILES string of the molecule is O=C1COc2ccc(C(=O)c3c(F)cccc3Br)cc2N1. The van der Waals surface area contributed by atoms with Crippen molar-refractivity contribution in [2.45, 2.75) is 0 Å². The first-order chi connectivity index (χ1) is 10.1. The summed E-state index contributed by atoms with van der Waals surface area (Å²) in [5.74, 6) is -0.882. The van der Waals surface area contributed by atoms with Crippen molar-refractivity contribution in [3.05, 3.63) is 57.8 Å². The van der Waals surface area contributed by atoms with Gasteiger partial charge in [-0.25, -0.2) is 4.39 Å². The van der Waals surface area contributed by atoms with Gasteiger partial charge in [-0.3, -0.25) is 9.59 Å². The zero-order valence-electron chi connectivity index (χ0n) is 10.7. The van der Waals surface area contributed by atoms with E-state index in [1.807, 2.05) is 0 Å². The topological polar surface area (TPSA) is 55.4 Å². The monoisotopic (exact) mass is 349 g/mol. The summed E-state index contributed by atoms with van der Waals surface area (Å²) in [5.41, 5.74) is 0.635. The average Bonchev–Trinajstić information content (AvgIpc) is 2.46. The van der Waals surface area contributed by atoms with Crippen molar-refractivity contribution >= 4 is 33.3 Å². The molecule has 0 radical (unpaired) electrons. The fraction of sp³-hybridized carbons (Fsp3) is 0.0667. The van der Waals surface area contributed by atoms with Gasteiger partial charge in [0.15, 0.2) is 12.4 Å². The molecule has 1 aliphatic heterocycles. The van der Waals surface area contributed by atoms with Gasteiger partial charge in [-0.05, 0) is 46.3 Å². The number of halogens is 2. The molecule has 0 aromatic heterocycles. The summed E-state index contributed by atoms with van der Waals surface area (Å²) in [6, 6.07) is 8.93. The molecule has 1 heterocycles. The summed E-state index contributed by atoms with van der Waals surface area (Å²) < 4.78 is 19.4. The van der Waals surface area contributed by atoms with Crippen LogP contribution in [0.3, 0.4) is 0 Å². The van der Waals surface area contributed by atoms with E-state index in [0.717, 1.165) is 0 Å². The van der Waals surface area contributed by atoms with Crippen LogP contribution in [0.5, 0.6) is 5.75 Å². The molecule has 1 N–H and O–H groups in total. The minimum atomic E-state index is -0.604. The molecule has 0 fully saturated rings. The lowest BCUT2D eigenvalue weighted by Gasteiger charge is -2.18. The van der Waals surface area contributed by atoms with E-state index in [4.69, 9.17) is 4.74 Å². The number of hydrogen-bond acceptors (Lipinski definition) is 3. The van der Waals surface area contributed by atoms with Gasteiger partial charge in [0, 0.05) is 10.0 Å². The molecule has 0 bridgehead atoms. The fourth-order valence-electron chi connectivity index (χ4n) is 2.08. The van der Waals surface area contributed by atoms with Crippen LogP contribution in [-0.2, 0) is 4.79 Å². The van der Waals surface area contributed by atoms with Gasteiger partial charge in [0.05, 0.1) is 11.3 Å². The summed E-state index contributed by atoms with van der Waals surface area (Å²) in [7, 11) is 0. The molecule has 0 aliphatic carbocycles. The number of fused-ring (bicyclic) bond motifs is 1. The van der Waals surface area contributed by atoms with Gasteiger partial charge >= 0.3 is 0 Å². The summed E-state index contributed by atoms with van der Waals surface area (Å²) in [4.78, 5) is 23.7. The molecule has 0 saturated heterocycles. The van der Waals surface area contributed by atoms with Crippen LogP contribution in [0.2, 0.25) is 0 Å². The maximum atomic E-state index is 13.8. The van der Waals surface area contributed by atoms with Crippen molar-refractivity contribution < 1.29 is 18.7 Å². The Balaban J connectivity index is 2.03. The first-order valence-corrected chi connectivity index (χ1v) is 6.91. The van der Waals surface area contributed by atoms with Crippen LogP contribution < -0.4 is 10.1 Å². The number of nitrogens with one attached hydrogen (secondary N) is 1. The highest BCUT2D eigenvalue weighted by molar-refractivity contribution is 9.10. The van der Waals surface area contributed by atoms with Crippen molar-refractivity contribution in [2.24, 2.45) is 0 Å². The van der Waals surface area contributed by atoms with E-state index in [9.17, 15) is 14.0 Å². The van der Waals surface area contributed by atoms with E-state index in [1.165, 1.54) is 24.3 Å². The Morgan fingerprint density at radius 2 is 2.10 bits per heavy atom. The molecule has 0 saturated carbocycles. The van der Waals surface area contributed by atoms with Crippen molar-refractivity contribution in [1.82, 2.24) is 0 Å². The average molecular weight is 350 g/mol. The van der Waals surface area contributed by atoms with Gasteiger partial charge in [0.25, 0.3) is 5.91 Å². The zero-order valence-corrected chi connectivity index (χ0v) is 12.2. The third-order valence-electron chi connectivity index (χ3n) is 3.06. The molecule has 3 rings (SSSR count). The Hall–Kier alpha value is -2.21. The van der Waals surface area contributed by atoms with Crippen LogP contribution in [0.4, 0.5) is 10.1 Å². The lowest BCUT2D eigenvalue weighted by atomic mass is 10.0. The molecule has 2 aromatic rings. The molecule has 0 atom stereocenters. The predicted molar refractivity (Wildman–Crippen MR) is 78.1 cm³/mol. The quantitative estimate of drug-likeness (QED) is 0.847. The first kappa shape index (κ1) is 13.8. The van der Waals surface area contributed by atoms with Crippen LogP contribution in [0.15, 0.2) is 40.9 Å². The van der Waals surface area contributed by atoms with Crippen LogP contribution in [-0.4, -0.2) is 18.3 Å². The number of carbonyl (C=O) groups is 2. The lowest BCUT2D eigenvalue weighted by molar-refractivity contribution is -0.118. The summed E-state index contributed by atoms with van der Waals surface area (Å²) in [6.45, 7) is -0.0564. The standard InChI is InChI=1S/C15H9BrFNO3/c16-9-2-1-3-10(17)14(9)15(20)8-4-5-12-11(6-8)18-13(19)7-21-12/h1-6H,7H2,(H,18,19). The number of hydrogen-bond donors (Lipinski definition) is 1. The molecule has 6 heteroatoms. The Kier molecular flexibility index (Phi) is 3.47. The lowest BCUT2D eigenvalue weighted by Crippen LogP contribution is -2.25. The van der Waals surface area contributed by atoms with Gasteiger partial charge in [-0.2, -0.15) is 0 Å². The van der Waals surface area contributed by atoms with Crippen LogP contribution in [0.25, 0.3) is 0 Å². The second-order valence-corrected chi connectivity index (χ2v) is 5.33. The van der Waals surface area contributed by atoms with E-state index >= 15 is 0 Å². The smallest absolute Gasteiger partial charge is 0.262 e. The zero-order chi connectivity index (χ0) is 15.0. The first-order valence-electron chi connectivity index (χ1n) is 6.11. The van der Waals surface area contributed by atoms with Gasteiger partial charge in [0.1, 0.15) is 11.6 Å². The molecule has 2 aromatic carbocycles. The molecule has 4 nitrogen and oxygen atoms in total. The molecule has 106 valence electrons. The number of rotatable bonds is 2. The van der Waals surface area contributed by atoms with E-state index in [2.05, 4.69) is 21.2 Å². The highest BCUT2D eigenvalue weighted by Gasteiger charge is 2.21. The highest BCUT2D eigenvalue weighted by Crippen LogP contribution is 2.30. The number of amides is 1. The number of benzene rings is 2. The third kappa shape index (κ3) is 2.54. The Morgan fingerprint density at radius 1 is 1.29 bits per heavy atom. The second kappa shape index (κ2) is 5.29. The fourth-order valence-corrected chi connectivity index (χ4v) is 2.61. The molecule has 1 aliphatic rings. The predicted octanol–water partition coefficient (Wildman–Crippen LogP) is 3.15. The van der Waals surface area contributed by atoms with Crippen LogP contribution in [0, 0.1) is 5.82 Å². The van der Waals surface area contributed by atoms with Gasteiger partial charge < -0.3 is 10.1 Å². The molecule has 0 unspecified atom stereocenters. The van der Waals surface area contributed by atoms with Gasteiger partial charge in [-0.1, -0.05) is 6.07 Å².